The van der Waals surface area contributed by atoms with Gasteiger partial charge in [-0.15, -0.1) is 0 Å². The summed E-state index contributed by atoms with van der Waals surface area (Å²) in [6.45, 7) is 2.45. The fourth-order valence-corrected chi connectivity index (χ4v) is 1.75. The molecule has 1 aromatic rings. The molecule has 0 atom stereocenters. The minimum atomic E-state index is -4.62. The second-order valence-electron chi connectivity index (χ2n) is 4.19. The predicted molar refractivity (Wildman–Crippen MR) is 60.5 cm³/mol. The van der Waals surface area contributed by atoms with E-state index in [1.807, 2.05) is 6.92 Å². The quantitative estimate of drug-likeness (QED) is 0.793. The molecule has 0 fully saturated rings. The number of aromatic carboxylic acids is 1. The van der Waals surface area contributed by atoms with Gasteiger partial charge in [0, 0.05) is 18.9 Å². The largest absolute Gasteiger partial charge is 0.478 e. The maximum atomic E-state index is 12.6. The van der Waals surface area contributed by atoms with Gasteiger partial charge in [0.15, 0.2) is 0 Å². The number of aryl methyl sites for hydroxylation is 1. The summed E-state index contributed by atoms with van der Waals surface area (Å²) in [5.74, 6) is -1.55. The van der Waals surface area contributed by atoms with Gasteiger partial charge in [0.25, 0.3) is 0 Å². The lowest BCUT2D eigenvalue weighted by Crippen LogP contribution is -2.09. The third-order valence-electron chi connectivity index (χ3n) is 2.69. The summed E-state index contributed by atoms with van der Waals surface area (Å²) in [5, 5.41) is 8.74. The zero-order valence-corrected chi connectivity index (χ0v) is 10.1. The minimum absolute atomic E-state index is 0.413. The molecule has 0 spiro atoms. The molecule has 1 rings (SSSR count). The average molecular weight is 263 g/mol. The zero-order valence-electron chi connectivity index (χ0n) is 10.1. The molecule has 0 amide bonds. The molecule has 0 saturated carbocycles. The van der Waals surface area contributed by atoms with Crippen LogP contribution in [0.1, 0.15) is 48.5 Å². The number of carboxylic acid groups (broad SMARTS) is 1. The first-order chi connectivity index (χ1) is 8.36. The summed E-state index contributed by atoms with van der Waals surface area (Å²) in [4.78, 5) is 10.7. The van der Waals surface area contributed by atoms with Crippen molar-refractivity contribution in [2.24, 2.45) is 0 Å². The smallest absolute Gasteiger partial charge is 0.418 e. The summed E-state index contributed by atoms with van der Waals surface area (Å²) in [7, 11) is 0. The summed E-state index contributed by atoms with van der Waals surface area (Å²) >= 11 is 0. The highest BCUT2D eigenvalue weighted by Crippen LogP contribution is 2.32. The van der Waals surface area contributed by atoms with E-state index in [1.54, 1.807) is 0 Å². The van der Waals surface area contributed by atoms with Crippen LogP contribution in [0, 0.1) is 0 Å². The van der Waals surface area contributed by atoms with Crippen molar-refractivity contribution in [2.45, 2.75) is 45.3 Å². The monoisotopic (exact) mass is 263 g/mol. The Hall–Kier alpha value is -1.46. The number of carbonyl (C=O) groups is 1. The van der Waals surface area contributed by atoms with Crippen molar-refractivity contribution >= 4 is 5.97 Å². The fraction of sp³-hybridized carbons (Fsp3) is 0.583. The fourth-order valence-electron chi connectivity index (χ4n) is 1.75. The van der Waals surface area contributed by atoms with Crippen molar-refractivity contribution in [3.63, 3.8) is 0 Å². The number of alkyl halides is 3. The molecule has 0 bridgehead atoms. The van der Waals surface area contributed by atoms with Gasteiger partial charge >= 0.3 is 12.1 Å². The molecule has 0 aliphatic carbocycles. The van der Waals surface area contributed by atoms with E-state index in [1.165, 1.54) is 4.57 Å². The molecule has 1 aromatic heterocycles. The normalized spacial score (nSPS) is 11.8. The van der Waals surface area contributed by atoms with Gasteiger partial charge in [0.05, 0.1) is 11.1 Å². The van der Waals surface area contributed by atoms with Crippen molar-refractivity contribution in [2.75, 3.05) is 0 Å². The molecule has 0 aliphatic heterocycles. The summed E-state index contributed by atoms with van der Waals surface area (Å²) in [6, 6.07) is 0. The highest BCUT2D eigenvalue weighted by atomic mass is 19.4. The molecule has 102 valence electrons. The molecular weight excluding hydrogens is 247 g/mol. The van der Waals surface area contributed by atoms with Crippen molar-refractivity contribution in [3.05, 3.63) is 23.5 Å². The molecule has 0 radical (unpaired) electrons. The Kier molecular flexibility index (Phi) is 4.81. The summed E-state index contributed by atoms with van der Waals surface area (Å²) in [5.41, 5.74) is -1.76. The van der Waals surface area contributed by atoms with Gasteiger partial charge in [-0.3, -0.25) is 0 Å². The predicted octanol–water partition coefficient (Wildman–Crippen LogP) is 3.79. The lowest BCUT2D eigenvalue weighted by molar-refractivity contribution is -0.138. The van der Waals surface area contributed by atoms with E-state index < -0.39 is 23.3 Å². The van der Waals surface area contributed by atoms with E-state index in [2.05, 4.69) is 0 Å². The maximum Gasteiger partial charge on any atom is 0.418 e. The molecule has 18 heavy (non-hydrogen) atoms. The van der Waals surface area contributed by atoms with Crippen LogP contribution in [-0.2, 0) is 12.7 Å². The zero-order chi connectivity index (χ0) is 13.8. The van der Waals surface area contributed by atoms with Crippen molar-refractivity contribution < 1.29 is 23.1 Å². The van der Waals surface area contributed by atoms with Crippen LogP contribution in [0.4, 0.5) is 13.2 Å². The Bertz CT molecular complexity index is 410. The Balaban J connectivity index is 2.80. The van der Waals surface area contributed by atoms with Gasteiger partial charge in [-0.2, -0.15) is 13.2 Å². The van der Waals surface area contributed by atoms with Crippen LogP contribution < -0.4 is 0 Å². The van der Waals surface area contributed by atoms with Crippen LogP contribution in [-0.4, -0.2) is 15.6 Å². The molecule has 1 N–H and O–H groups in total. The molecule has 6 heteroatoms. The van der Waals surface area contributed by atoms with Crippen LogP contribution in [0.3, 0.4) is 0 Å². The minimum Gasteiger partial charge on any atom is -0.478 e. The number of nitrogens with zero attached hydrogens (tertiary/aromatic N) is 1. The number of carboxylic acids is 1. The van der Waals surface area contributed by atoms with Gasteiger partial charge in [0.1, 0.15) is 0 Å². The van der Waals surface area contributed by atoms with Crippen molar-refractivity contribution in [1.29, 1.82) is 0 Å². The molecule has 0 saturated heterocycles. The average Bonchev–Trinajstić information content (AvgIpc) is 2.68. The second-order valence-corrected chi connectivity index (χ2v) is 4.19. The van der Waals surface area contributed by atoms with Crippen molar-refractivity contribution in [1.82, 2.24) is 4.57 Å². The lowest BCUT2D eigenvalue weighted by atomic mass is 10.2. The maximum absolute atomic E-state index is 12.6. The van der Waals surface area contributed by atoms with Crippen molar-refractivity contribution in [3.8, 4) is 0 Å². The van der Waals surface area contributed by atoms with Crippen LogP contribution >= 0.6 is 0 Å². The summed E-state index contributed by atoms with van der Waals surface area (Å²) in [6.07, 6.45) is 1.05. The van der Waals surface area contributed by atoms with E-state index in [0.717, 1.165) is 38.1 Å². The lowest BCUT2D eigenvalue weighted by Gasteiger charge is -2.04. The molecule has 0 aromatic carbocycles. The van der Waals surface area contributed by atoms with E-state index in [9.17, 15) is 18.0 Å². The van der Waals surface area contributed by atoms with E-state index in [4.69, 9.17) is 5.11 Å². The molecule has 1 heterocycles. The first kappa shape index (κ1) is 14.6. The van der Waals surface area contributed by atoms with Gasteiger partial charge in [0.2, 0.25) is 0 Å². The number of hydrogen-bond acceptors (Lipinski definition) is 1. The Morgan fingerprint density at radius 2 is 1.94 bits per heavy atom. The molecular formula is C12H16F3NO2. The van der Waals surface area contributed by atoms with Crippen LogP contribution in [0.15, 0.2) is 12.4 Å². The third kappa shape index (κ3) is 3.78. The number of hydrogen-bond donors (Lipinski definition) is 1. The summed E-state index contributed by atoms with van der Waals surface area (Å²) < 4.78 is 39.1. The SMILES string of the molecule is CCCCCCn1cc(C(=O)O)c(C(F)(F)F)c1. The Morgan fingerprint density at radius 3 is 2.39 bits per heavy atom. The first-order valence-electron chi connectivity index (χ1n) is 5.86. The first-order valence-corrected chi connectivity index (χ1v) is 5.86. The number of aromatic nitrogens is 1. The Labute approximate surface area is 103 Å². The number of halogens is 3. The van der Waals surface area contributed by atoms with E-state index in [-0.39, 0.29) is 0 Å². The number of rotatable bonds is 6. The standard InChI is InChI=1S/C12H16F3NO2/c1-2-3-4-5-6-16-7-9(11(17)18)10(8-16)12(13,14)15/h7-8H,2-6H2,1H3,(H,17,18). The second kappa shape index (κ2) is 5.93. The van der Waals surface area contributed by atoms with Gasteiger partial charge in [-0.05, 0) is 6.42 Å². The van der Waals surface area contributed by atoms with Gasteiger partial charge < -0.3 is 9.67 Å². The van der Waals surface area contributed by atoms with Crippen LogP contribution in [0.25, 0.3) is 0 Å². The topological polar surface area (TPSA) is 42.2 Å². The van der Waals surface area contributed by atoms with Gasteiger partial charge in [-0.1, -0.05) is 26.2 Å². The van der Waals surface area contributed by atoms with Crippen LogP contribution in [0.2, 0.25) is 0 Å². The van der Waals surface area contributed by atoms with E-state index in [0.29, 0.717) is 6.54 Å². The van der Waals surface area contributed by atoms with Gasteiger partial charge in [-0.25, -0.2) is 4.79 Å². The third-order valence-corrected chi connectivity index (χ3v) is 2.69. The highest BCUT2D eigenvalue weighted by molar-refractivity contribution is 5.89. The molecule has 0 aliphatic rings. The highest BCUT2D eigenvalue weighted by Gasteiger charge is 2.36. The number of unbranched alkanes of at least 4 members (excludes halogenated alkanes) is 3. The molecule has 3 nitrogen and oxygen atoms in total. The van der Waals surface area contributed by atoms with E-state index >= 15 is 0 Å². The molecule has 0 unspecified atom stereocenters. The Morgan fingerprint density at radius 1 is 1.28 bits per heavy atom. The van der Waals surface area contributed by atoms with Crippen LogP contribution in [0.5, 0.6) is 0 Å².